The highest BCUT2D eigenvalue weighted by Crippen LogP contribution is 2.36. The molecule has 9 heteroatoms. The van der Waals surface area contributed by atoms with Crippen LogP contribution in [0.5, 0.6) is 5.75 Å². The highest BCUT2D eigenvalue weighted by Gasteiger charge is 2.37. The number of hydrogen-bond donors (Lipinski definition) is 1. The number of ether oxygens (including phenoxy) is 1. The number of aryl methyl sites for hydroxylation is 1. The summed E-state index contributed by atoms with van der Waals surface area (Å²) in [5, 5.41) is 2.75. The van der Waals surface area contributed by atoms with Crippen molar-refractivity contribution in [3.63, 3.8) is 0 Å². The van der Waals surface area contributed by atoms with E-state index in [1.165, 1.54) is 15.9 Å². The van der Waals surface area contributed by atoms with Crippen molar-refractivity contribution in [2.75, 3.05) is 25.0 Å². The maximum atomic E-state index is 13.6. The van der Waals surface area contributed by atoms with Crippen LogP contribution >= 0.6 is 0 Å². The smallest absolute Gasteiger partial charge is 0.265 e. The number of piperidine rings is 1. The highest BCUT2D eigenvalue weighted by molar-refractivity contribution is 7.89. The van der Waals surface area contributed by atoms with Crippen molar-refractivity contribution >= 4 is 27.5 Å². The zero-order valence-corrected chi connectivity index (χ0v) is 20.2. The minimum atomic E-state index is -3.83. The van der Waals surface area contributed by atoms with Crippen molar-refractivity contribution in [1.82, 2.24) is 9.21 Å². The third kappa shape index (κ3) is 4.07. The number of fused-ring (bicyclic) bond motifs is 2. The van der Waals surface area contributed by atoms with E-state index in [9.17, 15) is 18.0 Å². The Morgan fingerprint density at radius 2 is 1.91 bits per heavy atom. The molecule has 0 aliphatic carbocycles. The molecule has 8 nitrogen and oxygen atoms in total. The Kier molecular flexibility index (Phi) is 5.85. The van der Waals surface area contributed by atoms with Gasteiger partial charge < -0.3 is 15.0 Å². The lowest BCUT2D eigenvalue weighted by Gasteiger charge is -2.36. The molecule has 2 atom stereocenters. The number of nitrogens with zero attached hydrogens (tertiary/aromatic N) is 2. The number of hydrogen-bond acceptors (Lipinski definition) is 5. The van der Waals surface area contributed by atoms with Crippen molar-refractivity contribution < 1.29 is 22.7 Å². The SMILES string of the molecule is Cc1cc2c(cc1S(=O)(=O)N1CCC[C@@H](C(=O)N3CCc4ccccc4C3)C1)O[C@@H](C)C(=O)N2. The number of anilines is 1. The van der Waals surface area contributed by atoms with Crippen molar-refractivity contribution in [1.29, 1.82) is 0 Å². The molecule has 2 aromatic rings. The first-order valence-electron chi connectivity index (χ1n) is 11.7. The third-order valence-electron chi connectivity index (χ3n) is 7.00. The normalized spacial score (nSPS) is 22.9. The third-order valence-corrected chi connectivity index (χ3v) is 9.01. The molecule has 1 saturated heterocycles. The quantitative estimate of drug-likeness (QED) is 0.724. The molecule has 2 amide bonds. The molecular weight excluding hydrogens is 454 g/mol. The summed E-state index contributed by atoms with van der Waals surface area (Å²) in [6.45, 7) is 5.10. The number of carbonyl (C=O) groups is 2. The fraction of sp³-hybridized carbons (Fsp3) is 0.440. The average molecular weight is 484 g/mol. The molecule has 0 spiro atoms. The average Bonchev–Trinajstić information content (AvgIpc) is 2.84. The monoisotopic (exact) mass is 483 g/mol. The number of rotatable bonds is 3. The number of nitrogens with one attached hydrogen (secondary N) is 1. The van der Waals surface area contributed by atoms with E-state index < -0.39 is 16.1 Å². The van der Waals surface area contributed by atoms with Crippen LogP contribution in [0.4, 0.5) is 5.69 Å². The summed E-state index contributed by atoms with van der Waals surface area (Å²) in [5.74, 6) is -0.258. The van der Waals surface area contributed by atoms with E-state index in [0.717, 1.165) is 12.0 Å². The molecule has 34 heavy (non-hydrogen) atoms. The van der Waals surface area contributed by atoms with Gasteiger partial charge in [0.25, 0.3) is 5.91 Å². The number of sulfonamides is 1. The largest absolute Gasteiger partial charge is 0.479 e. The van der Waals surface area contributed by atoms with Crippen LogP contribution in [-0.2, 0) is 32.6 Å². The number of carbonyl (C=O) groups excluding carboxylic acids is 2. The van der Waals surface area contributed by atoms with E-state index in [1.54, 1.807) is 19.9 Å². The van der Waals surface area contributed by atoms with Crippen LogP contribution in [0.1, 0.15) is 36.5 Å². The van der Waals surface area contributed by atoms with Crippen LogP contribution in [0.15, 0.2) is 41.3 Å². The van der Waals surface area contributed by atoms with Gasteiger partial charge in [-0.1, -0.05) is 24.3 Å². The van der Waals surface area contributed by atoms with Gasteiger partial charge in [-0.2, -0.15) is 4.31 Å². The molecule has 0 radical (unpaired) electrons. The topological polar surface area (TPSA) is 96.0 Å². The Bertz CT molecular complexity index is 1260. The fourth-order valence-electron chi connectivity index (χ4n) is 5.06. The van der Waals surface area contributed by atoms with Crippen LogP contribution < -0.4 is 10.1 Å². The highest BCUT2D eigenvalue weighted by atomic mass is 32.2. The lowest BCUT2D eigenvalue weighted by molar-refractivity contribution is -0.137. The van der Waals surface area contributed by atoms with Gasteiger partial charge in [-0.25, -0.2) is 8.42 Å². The summed E-state index contributed by atoms with van der Waals surface area (Å²) in [7, 11) is -3.83. The van der Waals surface area contributed by atoms with Gasteiger partial charge in [0.1, 0.15) is 5.75 Å². The Morgan fingerprint density at radius 3 is 2.71 bits per heavy atom. The molecule has 3 heterocycles. The van der Waals surface area contributed by atoms with E-state index in [4.69, 9.17) is 4.74 Å². The summed E-state index contributed by atoms with van der Waals surface area (Å²) >= 11 is 0. The summed E-state index contributed by atoms with van der Waals surface area (Å²) in [4.78, 5) is 27.3. The second-order valence-electron chi connectivity index (χ2n) is 9.34. The van der Waals surface area contributed by atoms with Crippen LogP contribution in [0.3, 0.4) is 0 Å². The van der Waals surface area contributed by atoms with Gasteiger partial charge in [0.15, 0.2) is 6.10 Å². The lowest BCUT2D eigenvalue weighted by Crippen LogP contribution is -2.47. The van der Waals surface area contributed by atoms with E-state index in [-0.39, 0.29) is 29.2 Å². The molecule has 0 bridgehead atoms. The van der Waals surface area contributed by atoms with Gasteiger partial charge >= 0.3 is 0 Å². The molecule has 0 saturated carbocycles. The van der Waals surface area contributed by atoms with Gasteiger partial charge in [-0.05, 0) is 55.9 Å². The van der Waals surface area contributed by atoms with Crippen LogP contribution in [0, 0.1) is 12.8 Å². The molecule has 2 aromatic carbocycles. The molecule has 0 aromatic heterocycles. The summed E-state index contributed by atoms with van der Waals surface area (Å²) in [5.41, 5.74) is 3.43. The Hall–Kier alpha value is -2.91. The summed E-state index contributed by atoms with van der Waals surface area (Å²) in [6.07, 6.45) is 1.43. The second-order valence-corrected chi connectivity index (χ2v) is 11.3. The maximum absolute atomic E-state index is 13.6. The Morgan fingerprint density at radius 1 is 1.15 bits per heavy atom. The van der Waals surface area contributed by atoms with Crippen LogP contribution in [-0.4, -0.2) is 55.2 Å². The minimum Gasteiger partial charge on any atom is -0.479 e. The van der Waals surface area contributed by atoms with Gasteiger partial charge in [-0.3, -0.25) is 9.59 Å². The molecule has 5 rings (SSSR count). The van der Waals surface area contributed by atoms with Crippen molar-refractivity contribution in [3.05, 3.63) is 53.1 Å². The van der Waals surface area contributed by atoms with E-state index in [0.29, 0.717) is 49.5 Å². The van der Waals surface area contributed by atoms with Crippen LogP contribution in [0.25, 0.3) is 0 Å². The fourth-order valence-corrected chi connectivity index (χ4v) is 6.81. The molecular formula is C25H29N3O5S. The summed E-state index contributed by atoms with van der Waals surface area (Å²) < 4.78 is 34.3. The van der Waals surface area contributed by atoms with Gasteiger partial charge in [0, 0.05) is 32.2 Å². The Balaban J connectivity index is 1.35. The first kappa shape index (κ1) is 22.9. The van der Waals surface area contributed by atoms with Crippen molar-refractivity contribution in [3.8, 4) is 5.75 Å². The zero-order chi connectivity index (χ0) is 24.0. The lowest BCUT2D eigenvalue weighted by atomic mass is 9.95. The van der Waals surface area contributed by atoms with Gasteiger partial charge in [0.05, 0.1) is 16.5 Å². The first-order chi connectivity index (χ1) is 16.2. The first-order valence-corrected chi connectivity index (χ1v) is 13.2. The predicted octanol–water partition coefficient (Wildman–Crippen LogP) is 2.70. The van der Waals surface area contributed by atoms with Crippen molar-refractivity contribution in [2.24, 2.45) is 5.92 Å². The second kappa shape index (κ2) is 8.70. The molecule has 180 valence electrons. The minimum absolute atomic E-state index is 0.0245. The molecule has 3 aliphatic rings. The molecule has 1 fully saturated rings. The Labute approximate surface area is 199 Å². The summed E-state index contributed by atoms with van der Waals surface area (Å²) in [6, 6.07) is 11.3. The van der Waals surface area contributed by atoms with E-state index >= 15 is 0 Å². The van der Waals surface area contributed by atoms with Gasteiger partial charge in [-0.15, -0.1) is 0 Å². The number of amides is 2. The van der Waals surface area contributed by atoms with Crippen molar-refractivity contribution in [2.45, 2.75) is 50.7 Å². The standard InChI is InChI=1S/C25H29N3O5S/c1-16-12-21-22(33-17(2)24(29)26-21)13-23(16)34(31,32)28-10-5-8-20(15-28)25(30)27-11-9-18-6-3-4-7-19(18)14-27/h3-4,6-7,12-13,17,20H,5,8-11,14-15H2,1-2H3,(H,26,29)/t17-,20+/m0/s1. The van der Waals surface area contributed by atoms with E-state index in [1.807, 2.05) is 17.0 Å². The number of benzene rings is 2. The predicted molar refractivity (Wildman–Crippen MR) is 127 cm³/mol. The molecule has 0 unspecified atom stereocenters. The molecule has 3 aliphatic heterocycles. The zero-order valence-electron chi connectivity index (χ0n) is 19.4. The maximum Gasteiger partial charge on any atom is 0.265 e. The van der Waals surface area contributed by atoms with Gasteiger partial charge in [0.2, 0.25) is 15.9 Å². The van der Waals surface area contributed by atoms with E-state index in [2.05, 4.69) is 17.4 Å². The van der Waals surface area contributed by atoms with Crippen LogP contribution in [0.2, 0.25) is 0 Å². The molecule has 1 N–H and O–H groups in total.